The molecule has 1 aliphatic rings. The van der Waals surface area contributed by atoms with Gasteiger partial charge in [0.25, 0.3) is 0 Å². The minimum absolute atomic E-state index is 0.148. The van der Waals surface area contributed by atoms with E-state index in [1.165, 1.54) is 5.56 Å². The largest absolute Gasteiger partial charge is 0.482 e. The molecule has 0 saturated heterocycles. The van der Waals surface area contributed by atoms with E-state index in [1.807, 2.05) is 44.3 Å². The van der Waals surface area contributed by atoms with Gasteiger partial charge >= 0.3 is 5.97 Å². The molecule has 5 nitrogen and oxygen atoms in total. The molecule has 0 heterocycles. The standard InChI is InChI=1S/C21H23NO4/c1-15-4-3-5-17(12-15)21(10-11-21)20(25)22(2)13-16-6-8-18(9-7-16)26-14-19(23)24/h3-9,12H,10-11,13-14H2,1-2H3,(H,23,24). The first-order valence-electron chi connectivity index (χ1n) is 8.67. The summed E-state index contributed by atoms with van der Waals surface area (Å²) in [7, 11) is 1.83. The third-order valence-corrected chi connectivity index (χ3v) is 4.78. The average molecular weight is 353 g/mol. The number of aliphatic carboxylic acids is 1. The van der Waals surface area contributed by atoms with Gasteiger partial charge in [-0.05, 0) is 43.0 Å². The lowest BCUT2D eigenvalue weighted by Crippen LogP contribution is -2.36. The van der Waals surface area contributed by atoms with Crippen LogP contribution in [0.3, 0.4) is 0 Å². The quantitative estimate of drug-likeness (QED) is 0.830. The van der Waals surface area contributed by atoms with Crippen LogP contribution in [-0.2, 0) is 21.5 Å². The molecular formula is C21H23NO4. The van der Waals surface area contributed by atoms with Crippen LogP contribution in [0.4, 0.5) is 0 Å². The Morgan fingerprint density at radius 2 is 1.85 bits per heavy atom. The number of carbonyl (C=O) groups excluding carboxylic acids is 1. The Bertz CT molecular complexity index is 809. The Morgan fingerprint density at radius 3 is 2.42 bits per heavy atom. The van der Waals surface area contributed by atoms with Gasteiger partial charge in [0.1, 0.15) is 5.75 Å². The average Bonchev–Trinajstić information content (AvgIpc) is 3.42. The second-order valence-electron chi connectivity index (χ2n) is 6.94. The predicted octanol–water partition coefficient (Wildman–Crippen LogP) is 3.15. The van der Waals surface area contributed by atoms with E-state index in [4.69, 9.17) is 9.84 Å². The maximum absolute atomic E-state index is 13.0. The van der Waals surface area contributed by atoms with E-state index in [1.54, 1.807) is 17.0 Å². The molecule has 26 heavy (non-hydrogen) atoms. The maximum atomic E-state index is 13.0. The van der Waals surface area contributed by atoms with Crippen LogP contribution in [0.5, 0.6) is 5.75 Å². The fraction of sp³-hybridized carbons (Fsp3) is 0.333. The molecule has 5 heteroatoms. The molecule has 136 valence electrons. The van der Waals surface area contributed by atoms with Crippen molar-refractivity contribution in [1.82, 2.24) is 4.90 Å². The molecule has 0 aromatic heterocycles. The molecule has 1 fully saturated rings. The van der Waals surface area contributed by atoms with E-state index >= 15 is 0 Å². The number of likely N-dealkylation sites (N-methyl/N-ethyl adjacent to an activating group) is 1. The van der Waals surface area contributed by atoms with Crippen LogP contribution in [-0.4, -0.2) is 35.5 Å². The van der Waals surface area contributed by atoms with Crippen LogP contribution in [0.15, 0.2) is 48.5 Å². The molecule has 1 aliphatic carbocycles. The van der Waals surface area contributed by atoms with E-state index in [0.717, 1.165) is 24.0 Å². The molecular weight excluding hydrogens is 330 g/mol. The molecule has 0 spiro atoms. The summed E-state index contributed by atoms with van der Waals surface area (Å²) in [5, 5.41) is 8.63. The summed E-state index contributed by atoms with van der Waals surface area (Å²) in [5.41, 5.74) is 2.88. The van der Waals surface area contributed by atoms with Crippen molar-refractivity contribution in [2.75, 3.05) is 13.7 Å². The summed E-state index contributed by atoms with van der Waals surface area (Å²) >= 11 is 0. The highest BCUT2D eigenvalue weighted by molar-refractivity contribution is 5.91. The Hall–Kier alpha value is -2.82. The van der Waals surface area contributed by atoms with E-state index in [0.29, 0.717) is 12.3 Å². The van der Waals surface area contributed by atoms with Crippen LogP contribution in [0.1, 0.15) is 29.5 Å². The smallest absolute Gasteiger partial charge is 0.341 e. The van der Waals surface area contributed by atoms with Crippen LogP contribution in [0, 0.1) is 6.92 Å². The zero-order chi connectivity index (χ0) is 18.7. The van der Waals surface area contributed by atoms with Gasteiger partial charge in [0.15, 0.2) is 6.61 Å². The molecule has 2 aromatic carbocycles. The van der Waals surface area contributed by atoms with Crippen molar-refractivity contribution in [3.05, 3.63) is 65.2 Å². The van der Waals surface area contributed by atoms with Crippen LogP contribution in [0.25, 0.3) is 0 Å². The second-order valence-corrected chi connectivity index (χ2v) is 6.94. The number of rotatable bonds is 7. The summed E-state index contributed by atoms with van der Waals surface area (Å²) in [6.45, 7) is 2.18. The minimum Gasteiger partial charge on any atom is -0.482 e. The molecule has 2 aromatic rings. The zero-order valence-electron chi connectivity index (χ0n) is 15.1. The lowest BCUT2D eigenvalue weighted by molar-refractivity contribution is -0.139. The molecule has 1 amide bonds. The third kappa shape index (κ3) is 3.87. The number of benzene rings is 2. The summed E-state index contributed by atoms with van der Waals surface area (Å²) in [5.74, 6) is -0.358. The third-order valence-electron chi connectivity index (χ3n) is 4.78. The van der Waals surface area contributed by atoms with Crippen LogP contribution >= 0.6 is 0 Å². The number of carboxylic acid groups (broad SMARTS) is 1. The number of hydrogen-bond acceptors (Lipinski definition) is 3. The Balaban J connectivity index is 1.65. The fourth-order valence-electron chi connectivity index (χ4n) is 3.24. The van der Waals surface area contributed by atoms with Crippen molar-refractivity contribution >= 4 is 11.9 Å². The number of aryl methyl sites for hydroxylation is 1. The van der Waals surface area contributed by atoms with E-state index < -0.39 is 5.97 Å². The Morgan fingerprint density at radius 1 is 1.15 bits per heavy atom. The van der Waals surface area contributed by atoms with Crippen molar-refractivity contribution in [1.29, 1.82) is 0 Å². The highest BCUT2D eigenvalue weighted by Crippen LogP contribution is 2.49. The van der Waals surface area contributed by atoms with Crippen molar-refractivity contribution in [2.45, 2.75) is 31.7 Å². The van der Waals surface area contributed by atoms with Gasteiger partial charge in [0.05, 0.1) is 5.41 Å². The van der Waals surface area contributed by atoms with Crippen molar-refractivity contribution in [3.63, 3.8) is 0 Å². The van der Waals surface area contributed by atoms with Gasteiger partial charge in [-0.3, -0.25) is 4.79 Å². The first-order valence-corrected chi connectivity index (χ1v) is 8.67. The SMILES string of the molecule is Cc1cccc(C2(C(=O)N(C)Cc3ccc(OCC(=O)O)cc3)CC2)c1. The highest BCUT2D eigenvalue weighted by Gasteiger charge is 2.52. The molecule has 1 saturated carbocycles. The minimum atomic E-state index is -1.01. The summed E-state index contributed by atoms with van der Waals surface area (Å²) in [6, 6.07) is 15.4. The number of nitrogens with zero attached hydrogens (tertiary/aromatic N) is 1. The number of carbonyl (C=O) groups is 2. The van der Waals surface area contributed by atoms with Gasteiger partial charge in [-0.15, -0.1) is 0 Å². The molecule has 1 N–H and O–H groups in total. The van der Waals surface area contributed by atoms with Crippen LogP contribution in [0.2, 0.25) is 0 Å². The van der Waals surface area contributed by atoms with Crippen molar-refractivity contribution < 1.29 is 19.4 Å². The fourth-order valence-corrected chi connectivity index (χ4v) is 3.24. The predicted molar refractivity (Wildman–Crippen MR) is 98.1 cm³/mol. The summed E-state index contributed by atoms with van der Waals surface area (Å²) in [4.78, 5) is 25.3. The zero-order valence-corrected chi connectivity index (χ0v) is 15.1. The first-order chi connectivity index (χ1) is 12.4. The molecule has 0 aliphatic heterocycles. The summed E-state index contributed by atoms with van der Waals surface area (Å²) < 4.78 is 5.13. The topological polar surface area (TPSA) is 66.8 Å². The van der Waals surface area contributed by atoms with Gasteiger partial charge in [-0.25, -0.2) is 4.79 Å². The number of carboxylic acids is 1. The number of hydrogen-bond donors (Lipinski definition) is 1. The lowest BCUT2D eigenvalue weighted by Gasteiger charge is -2.24. The van der Waals surface area contributed by atoms with E-state index in [-0.39, 0.29) is 17.9 Å². The van der Waals surface area contributed by atoms with Crippen LogP contribution < -0.4 is 4.74 Å². The lowest BCUT2D eigenvalue weighted by atomic mass is 9.93. The van der Waals surface area contributed by atoms with E-state index in [2.05, 4.69) is 6.07 Å². The Labute approximate surface area is 153 Å². The summed E-state index contributed by atoms with van der Waals surface area (Å²) in [6.07, 6.45) is 1.78. The van der Waals surface area contributed by atoms with Gasteiger partial charge in [-0.1, -0.05) is 42.0 Å². The first kappa shape index (κ1) is 18.0. The molecule has 0 bridgehead atoms. The normalized spacial score (nSPS) is 14.5. The molecule has 0 unspecified atom stereocenters. The number of ether oxygens (including phenoxy) is 1. The molecule has 0 radical (unpaired) electrons. The van der Waals surface area contributed by atoms with Crippen molar-refractivity contribution in [3.8, 4) is 5.75 Å². The highest BCUT2D eigenvalue weighted by atomic mass is 16.5. The van der Waals surface area contributed by atoms with Crippen molar-refractivity contribution in [2.24, 2.45) is 0 Å². The van der Waals surface area contributed by atoms with E-state index in [9.17, 15) is 9.59 Å². The monoisotopic (exact) mass is 353 g/mol. The van der Waals surface area contributed by atoms with Gasteiger partial charge in [0.2, 0.25) is 5.91 Å². The molecule has 3 rings (SSSR count). The van der Waals surface area contributed by atoms with Gasteiger partial charge in [-0.2, -0.15) is 0 Å². The van der Waals surface area contributed by atoms with Gasteiger partial charge in [0, 0.05) is 13.6 Å². The Kier molecular flexibility index (Phi) is 4.98. The second kappa shape index (κ2) is 7.20. The number of amides is 1. The maximum Gasteiger partial charge on any atom is 0.341 e. The molecule has 0 atom stereocenters. The van der Waals surface area contributed by atoms with Gasteiger partial charge < -0.3 is 14.7 Å².